The number of pyridine rings is 2. The predicted octanol–water partition coefficient (Wildman–Crippen LogP) is 3.06. The molecule has 0 bridgehead atoms. The molecule has 21 heavy (non-hydrogen) atoms. The molecule has 0 unspecified atom stereocenters. The van der Waals surface area contributed by atoms with E-state index >= 15 is 0 Å². The summed E-state index contributed by atoms with van der Waals surface area (Å²) in [6.07, 6.45) is 3.56. The summed E-state index contributed by atoms with van der Waals surface area (Å²) in [6.45, 7) is 0.544. The molecule has 2 aromatic heterocycles. The Kier molecular flexibility index (Phi) is 3.92. The van der Waals surface area contributed by atoms with Gasteiger partial charge in [-0.2, -0.15) is 0 Å². The molecule has 106 valence electrons. The van der Waals surface area contributed by atoms with Gasteiger partial charge in [-0.05, 0) is 52.4 Å². The third-order valence-corrected chi connectivity index (χ3v) is 3.89. The zero-order valence-corrected chi connectivity index (χ0v) is 13.6. The Labute approximate surface area is 135 Å². The number of rotatable bonds is 3. The van der Waals surface area contributed by atoms with Crippen molar-refractivity contribution in [2.75, 3.05) is 7.11 Å². The average Bonchev–Trinajstić information content (AvgIpc) is 2.50. The Morgan fingerprint density at radius 3 is 2.90 bits per heavy atom. The third kappa shape index (κ3) is 3.07. The van der Waals surface area contributed by atoms with Gasteiger partial charge in [0.15, 0.2) is 0 Å². The summed E-state index contributed by atoms with van der Waals surface area (Å²) in [7, 11) is 1.62. The molecule has 0 fully saturated rings. The number of fused-ring (bicyclic) bond motifs is 1. The van der Waals surface area contributed by atoms with Gasteiger partial charge in [0.25, 0.3) is 5.56 Å². The molecule has 0 saturated carbocycles. The lowest BCUT2D eigenvalue weighted by Crippen LogP contribution is -2.19. The highest BCUT2D eigenvalue weighted by molar-refractivity contribution is 14.1. The zero-order valence-electron chi connectivity index (χ0n) is 11.4. The third-order valence-electron chi connectivity index (χ3n) is 3.26. The molecular weight excluding hydrogens is 379 g/mol. The quantitative estimate of drug-likeness (QED) is 0.644. The molecule has 0 radical (unpaired) electrons. The van der Waals surface area contributed by atoms with Crippen molar-refractivity contribution in [3.05, 3.63) is 68.3 Å². The normalized spacial score (nSPS) is 10.8. The van der Waals surface area contributed by atoms with Crippen LogP contribution in [0.15, 0.2) is 53.6 Å². The van der Waals surface area contributed by atoms with Crippen molar-refractivity contribution in [1.82, 2.24) is 9.55 Å². The lowest BCUT2D eigenvalue weighted by molar-refractivity contribution is 0.414. The van der Waals surface area contributed by atoms with Crippen molar-refractivity contribution in [3.63, 3.8) is 0 Å². The number of hydrogen-bond acceptors (Lipinski definition) is 3. The number of methoxy groups -OCH3 is 1. The van der Waals surface area contributed by atoms with E-state index in [-0.39, 0.29) is 5.56 Å². The van der Waals surface area contributed by atoms with Gasteiger partial charge in [-0.3, -0.25) is 9.78 Å². The van der Waals surface area contributed by atoms with Gasteiger partial charge in [-0.15, -0.1) is 0 Å². The molecule has 0 aliphatic rings. The van der Waals surface area contributed by atoms with Gasteiger partial charge >= 0.3 is 0 Å². The van der Waals surface area contributed by atoms with Gasteiger partial charge in [0.1, 0.15) is 5.75 Å². The van der Waals surface area contributed by atoms with E-state index in [1.54, 1.807) is 23.9 Å². The molecule has 3 aromatic rings. The van der Waals surface area contributed by atoms with Crippen molar-refractivity contribution in [3.8, 4) is 5.75 Å². The summed E-state index contributed by atoms with van der Waals surface area (Å²) in [5, 5.41) is 1.01. The van der Waals surface area contributed by atoms with Crippen LogP contribution in [-0.4, -0.2) is 16.7 Å². The van der Waals surface area contributed by atoms with Crippen molar-refractivity contribution in [2.24, 2.45) is 0 Å². The monoisotopic (exact) mass is 392 g/mol. The van der Waals surface area contributed by atoms with Crippen LogP contribution in [0, 0.1) is 3.57 Å². The molecule has 4 nitrogen and oxygen atoms in total. The van der Waals surface area contributed by atoms with E-state index in [4.69, 9.17) is 4.74 Å². The lowest BCUT2D eigenvalue weighted by atomic mass is 10.1. The molecule has 0 aliphatic heterocycles. The van der Waals surface area contributed by atoms with E-state index in [1.165, 1.54) is 0 Å². The summed E-state index contributed by atoms with van der Waals surface area (Å²) in [5.74, 6) is 0.728. The van der Waals surface area contributed by atoms with Crippen LogP contribution in [0.5, 0.6) is 5.75 Å². The van der Waals surface area contributed by atoms with Crippen LogP contribution < -0.4 is 10.3 Å². The van der Waals surface area contributed by atoms with E-state index in [2.05, 4.69) is 27.6 Å². The van der Waals surface area contributed by atoms with E-state index < -0.39 is 0 Å². The number of halogens is 1. The van der Waals surface area contributed by atoms with E-state index in [0.717, 1.165) is 25.8 Å². The van der Waals surface area contributed by atoms with Gasteiger partial charge in [0.2, 0.25) is 0 Å². The van der Waals surface area contributed by atoms with Crippen LogP contribution in [0.3, 0.4) is 0 Å². The summed E-state index contributed by atoms with van der Waals surface area (Å²) in [4.78, 5) is 16.2. The standard InChI is InChI=1S/C16H13IN2O2/c1-21-14-7-12-6-11(2-4-15(12)18-8-14)9-19-10-13(17)3-5-16(19)20/h2-8,10H,9H2,1H3. The molecule has 0 aliphatic carbocycles. The summed E-state index contributed by atoms with van der Waals surface area (Å²) in [6, 6.07) is 11.3. The van der Waals surface area contributed by atoms with Gasteiger partial charge < -0.3 is 9.30 Å². The van der Waals surface area contributed by atoms with Gasteiger partial charge in [0.05, 0.1) is 25.4 Å². The minimum Gasteiger partial charge on any atom is -0.495 e. The molecule has 1 aromatic carbocycles. The molecule has 0 atom stereocenters. The number of hydrogen-bond donors (Lipinski definition) is 0. The van der Waals surface area contributed by atoms with Gasteiger partial charge in [0, 0.05) is 21.2 Å². The number of benzene rings is 1. The summed E-state index contributed by atoms with van der Waals surface area (Å²) in [5.41, 5.74) is 1.97. The number of nitrogens with zero attached hydrogens (tertiary/aromatic N) is 2. The lowest BCUT2D eigenvalue weighted by Gasteiger charge is -2.08. The number of ether oxygens (including phenoxy) is 1. The summed E-state index contributed by atoms with van der Waals surface area (Å²) < 4.78 is 7.94. The highest BCUT2D eigenvalue weighted by atomic mass is 127. The number of aromatic nitrogens is 2. The van der Waals surface area contributed by atoms with E-state index in [0.29, 0.717) is 6.54 Å². The molecule has 5 heteroatoms. The smallest absolute Gasteiger partial charge is 0.250 e. The first kappa shape index (κ1) is 14.1. The predicted molar refractivity (Wildman–Crippen MR) is 90.8 cm³/mol. The maximum absolute atomic E-state index is 11.9. The largest absolute Gasteiger partial charge is 0.495 e. The molecule has 3 rings (SSSR count). The first-order chi connectivity index (χ1) is 10.2. The van der Waals surface area contributed by atoms with E-state index in [9.17, 15) is 4.79 Å². The molecular formula is C16H13IN2O2. The zero-order chi connectivity index (χ0) is 14.8. The Morgan fingerprint density at radius 1 is 1.24 bits per heavy atom. The average molecular weight is 392 g/mol. The Morgan fingerprint density at radius 2 is 2.10 bits per heavy atom. The summed E-state index contributed by atoms with van der Waals surface area (Å²) >= 11 is 2.20. The van der Waals surface area contributed by atoms with Crippen molar-refractivity contribution < 1.29 is 4.74 Å². The van der Waals surface area contributed by atoms with Crippen molar-refractivity contribution in [2.45, 2.75) is 6.54 Å². The van der Waals surface area contributed by atoms with Crippen LogP contribution in [0.25, 0.3) is 10.9 Å². The first-order valence-corrected chi connectivity index (χ1v) is 7.52. The fourth-order valence-electron chi connectivity index (χ4n) is 2.19. The molecule has 0 spiro atoms. The first-order valence-electron chi connectivity index (χ1n) is 6.44. The second-order valence-corrected chi connectivity index (χ2v) is 5.96. The van der Waals surface area contributed by atoms with E-state index in [1.807, 2.05) is 36.5 Å². The topological polar surface area (TPSA) is 44.1 Å². The Bertz CT molecular complexity index is 858. The molecule has 0 saturated heterocycles. The van der Waals surface area contributed by atoms with Crippen LogP contribution in [0.4, 0.5) is 0 Å². The maximum Gasteiger partial charge on any atom is 0.250 e. The fraction of sp³-hybridized carbons (Fsp3) is 0.125. The van der Waals surface area contributed by atoms with Crippen LogP contribution >= 0.6 is 22.6 Å². The molecule has 2 heterocycles. The minimum atomic E-state index is -0.000667. The highest BCUT2D eigenvalue weighted by Crippen LogP contribution is 2.19. The van der Waals surface area contributed by atoms with Crippen molar-refractivity contribution >= 4 is 33.5 Å². The second-order valence-electron chi connectivity index (χ2n) is 4.72. The minimum absolute atomic E-state index is 0.000667. The Hall–Kier alpha value is -1.89. The molecule has 0 amide bonds. The van der Waals surface area contributed by atoms with Crippen LogP contribution in [0.2, 0.25) is 0 Å². The fourth-order valence-corrected chi connectivity index (χ4v) is 2.71. The SMILES string of the molecule is COc1cnc2ccc(Cn3cc(I)ccc3=O)cc2c1. The van der Waals surface area contributed by atoms with Crippen molar-refractivity contribution in [1.29, 1.82) is 0 Å². The second kappa shape index (κ2) is 5.85. The van der Waals surface area contributed by atoms with Gasteiger partial charge in [-0.25, -0.2) is 0 Å². The van der Waals surface area contributed by atoms with Crippen LogP contribution in [-0.2, 0) is 6.54 Å². The Balaban J connectivity index is 2.00. The maximum atomic E-state index is 11.9. The van der Waals surface area contributed by atoms with Crippen LogP contribution in [0.1, 0.15) is 5.56 Å². The van der Waals surface area contributed by atoms with Gasteiger partial charge in [-0.1, -0.05) is 6.07 Å². The molecule has 0 N–H and O–H groups in total. The highest BCUT2D eigenvalue weighted by Gasteiger charge is 2.03.